The standard InChI is InChI=1S/C10H13FN2/c11-9-4-2-6-1-3-7(12)5-8(6)10(9)13/h1,3,5,9-10H,2,4,12-13H2. The summed E-state index contributed by atoms with van der Waals surface area (Å²) in [5.41, 5.74) is 14.0. The van der Waals surface area contributed by atoms with Crippen molar-refractivity contribution in [1.29, 1.82) is 0 Å². The summed E-state index contributed by atoms with van der Waals surface area (Å²) in [4.78, 5) is 0. The van der Waals surface area contributed by atoms with Crippen molar-refractivity contribution in [3.63, 3.8) is 0 Å². The molecule has 13 heavy (non-hydrogen) atoms. The number of aryl methyl sites for hydroxylation is 1. The van der Waals surface area contributed by atoms with E-state index in [4.69, 9.17) is 11.5 Å². The van der Waals surface area contributed by atoms with Crippen LogP contribution < -0.4 is 11.5 Å². The molecule has 70 valence electrons. The van der Waals surface area contributed by atoms with Gasteiger partial charge in [0.2, 0.25) is 0 Å². The molecule has 2 atom stereocenters. The van der Waals surface area contributed by atoms with Crippen LogP contribution >= 0.6 is 0 Å². The van der Waals surface area contributed by atoms with Crippen molar-refractivity contribution in [2.24, 2.45) is 5.73 Å². The third-order valence-corrected chi connectivity index (χ3v) is 2.61. The van der Waals surface area contributed by atoms with Gasteiger partial charge in [-0.25, -0.2) is 4.39 Å². The highest BCUT2D eigenvalue weighted by Gasteiger charge is 2.26. The Morgan fingerprint density at radius 2 is 2.15 bits per heavy atom. The van der Waals surface area contributed by atoms with Gasteiger partial charge in [-0.15, -0.1) is 0 Å². The summed E-state index contributed by atoms with van der Waals surface area (Å²) in [6.07, 6.45) is 0.372. The van der Waals surface area contributed by atoms with Gasteiger partial charge in [0.05, 0.1) is 6.04 Å². The minimum atomic E-state index is -0.922. The number of nitrogen functional groups attached to an aromatic ring is 1. The summed E-state index contributed by atoms with van der Waals surface area (Å²) >= 11 is 0. The van der Waals surface area contributed by atoms with E-state index in [0.29, 0.717) is 12.1 Å². The lowest BCUT2D eigenvalue weighted by Crippen LogP contribution is -2.28. The van der Waals surface area contributed by atoms with E-state index >= 15 is 0 Å². The maximum atomic E-state index is 13.2. The summed E-state index contributed by atoms with van der Waals surface area (Å²) in [7, 11) is 0. The van der Waals surface area contributed by atoms with Gasteiger partial charge in [-0.2, -0.15) is 0 Å². The summed E-state index contributed by atoms with van der Waals surface area (Å²) in [5, 5.41) is 0. The van der Waals surface area contributed by atoms with E-state index in [2.05, 4.69) is 0 Å². The van der Waals surface area contributed by atoms with E-state index in [-0.39, 0.29) is 0 Å². The number of anilines is 1. The molecule has 4 N–H and O–H groups in total. The van der Waals surface area contributed by atoms with Crippen LogP contribution in [0.5, 0.6) is 0 Å². The van der Waals surface area contributed by atoms with Crippen molar-refractivity contribution in [3.8, 4) is 0 Å². The van der Waals surface area contributed by atoms with Gasteiger partial charge in [-0.1, -0.05) is 6.07 Å². The summed E-state index contributed by atoms with van der Waals surface area (Å²) in [6.45, 7) is 0. The van der Waals surface area contributed by atoms with Crippen LogP contribution in [0.1, 0.15) is 23.6 Å². The molecular weight excluding hydrogens is 167 g/mol. The Hall–Kier alpha value is -1.09. The molecule has 0 bridgehead atoms. The first kappa shape index (κ1) is 8.51. The van der Waals surface area contributed by atoms with Gasteiger partial charge < -0.3 is 11.5 Å². The first-order valence-corrected chi connectivity index (χ1v) is 4.46. The van der Waals surface area contributed by atoms with Crippen LogP contribution in [0.2, 0.25) is 0 Å². The number of halogens is 1. The maximum absolute atomic E-state index is 13.2. The quantitative estimate of drug-likeness (QED) is 0.595. The SMILES string of the molecule is Nc1ccc2c(c1)C(N)C(F)CC2. The zero-order valence-corrected chi connectivity index (χ0v) is 7.33. The largest absolute Gasteiger partial charge is 0.399 e. The molecule has 0 aromatic heterocycles. The Kier molecular flexibility index (Phi) is 1.96. The van der Waals surface area contributed by atoms with Gasteiger partial charge in [0, 0.05) is 5.69 Å². The van der Waals surface area contributed by atoms with E-state index in [0.717, 1.165) is 17.5 Å². The third-order valence-electron chi connectivity index (χ3n) is 2.61. The second kappa shape index (κ2) is 3.00. The van der Waals surface area contributed by atoms with Crippen LogP contribution in [-0.4, -0.2) is 6.17 Å². The summed E-state index contributed by atoms with van der Waals surface area (Å²) < 4.78 is 13.2. The van der Waals surface area contributed by atoms with E-state index in [1.807, 2.05) is 12.1 Å². The molecule has 0 fully saturated rings. The minimum Gasteiger partial charge on any atom is -0.399 e. The maximum Gasteiger partial charge on any atom is 0.120 e. The number of rotatable bonds is 0. The molecule has 2 unspecified atom stereocenters. The van der Waals surface area contributed by atoms with Crippen LogP contribution in [0, 0.1) is 0 Å². The van der Waals surface area contributed by atoms with Crippen LogP contribution in [-0.2, 0) is 6.42 Å². The fraction of sp³-hybridized carbons (Fsp3) is 0.400. The van der Waals surface area contributed by atoms with Crippen molar-refractivity contribution in [3.05, 3.63) is 29.3 Å². The number of alkyl halides is 1. The fourth-order valence-corrected chi connectivity index (χ4v) is 1.82. The van der Waals surface area contributed by atoms with E-state index in [1.54, 1.807) is 6.07 Å². The molecule has 1 aliphatic rings. The van der Waals surface area contributed by atoms with Gasteiger partial charge in [0.25, 0.3) is 0 Å². The lowest BCUT2D eigenvalue weighted by Gasteiger charge is -2.25. The normalized spacial score (nSPS) is 26.9. The minimum absolute atomic E-state index is 0.493. The molecule has 0 spiro atoms. The Labute approximate surface area is 76.7 Å². The molecule has 0 saturated heterocycles. The predicted octanol–water partition coefficient (Wildman–Crippen LogP) is 1.55. The molecule has 2 nitrogen and oxygen atoms in total. The molecule has 2 rings (SSSR count). The van der Waals surface area contributed by atoms with Crippen LogP contribution in [0.3, 0.4) is 0 Å². The van der Waals surface area contributed by atoms with Crippen LogP contribution in [0.25, 0.3) is 0 Å². The molecule has 3 heteroatoms. The van der Waals surface area contributed by atoms with Crippen molar-refractivity contribution in [2.45, 2.75) is 25.1 Å². The predicted molar refractivity (Wildman–Crippen MR) is 51.0 cm³/mol. The number of benzene rings is 1. The highest BCUT2D eigenvalue weighted by molar-refractivity contribution is 5.47. The number of hydrogen-bond acceptors (Lipinski definition) is 2. The number of fused-ring (bicyclic) bond motifs is 1. The Morgan fingerprint density at radius 1 is 1.38 bits per heavy atom. The first-order valence-electron chi connectivity index (χ1n) is 4.46. The average molecular weight is 180 g/mol. The van der Waals surface area contributed by atoms with Gasteiger partial charge >= 0.3 is 0 Å². The highest BCUT2D eigenvalue weighted by atomic mass is 19.1. The lowest BCUT2D eigenvalue weighted by molar-refractivity contribution is 0.255. The highest BCUT2D eigenvalue weighted by Crippen LogP contribution is 2.31. The van der Waals surface area contributed by atoms with Crippen LogP contribution in [0.4, 0.5) is 10.1 Å². The number of hydrogen-bond donors (Lipinski definition) is 2. The molecule has 0 heterocycles. The molecule has 1 aromatic rings. The molecule has 0 amide bonds. The Bertz CT molecular complexity index is 325. The van der Waals surface area contributed by atoms with E-state index < -0.39 is 12.2 Å². The zero-order chi connectivity index (χ0) is 9.42. The lowest BCUT2D eigenvalue weighted by atomic mass is 9.87. The van der Waals surface area contributed by atoms with Crippen molar-refractivity contribution in [2.75, 3.05) is 5.73 Å². The topological polar surface area (TPSA) is 52.0 Å². The Balaban J connectivity index is 2.45. The molecular formula is C10H13FN2. The van der Waals surface area contributed by atoms with Crippen molar-refractivity contribution >= 4 is 5.69 Å². The van der Waals surface area contributed by atoms with Crippen molar-refractivity contribution < 1.29 is 4.39 Å². The van der Waals surface area contributed by atoms with Gasteiger partial charge in [-0.05, 0) is 36.1 Å². The molecule has 1 aromatic carbocycles. The van der Waals surface area contributed by atoms with E-state index in [9.17, 15) is 4.39 Å². The molecule has 0 radical (unpaired) electrons. The third kappa shape index (κ3) is 1.40. The van der Waals surface area contributed by atoms with Gasteiger partial charge in [0.15, 0.2) is 0 Å². The molecule has 0 aliphatic heterocycles. The zero-order valence-electron chi connectivity index (χ0n) is 7.33. The first-order chi connectivity index (χ1) is 6.18. The fourth-order valence-electron chi connectivity index (χ4n) is 1.82. The molecule has 1 aliphatic carbocycles. The monoisotopic (exact) mass is 180 g/mol. The summed E-state index contributed by atoms with van der Waals surface area (Å²) in [6, 6.07) is 5.07. The Morgan fingerprint density at radius 3 is 2.92 bits per heavy atom. The smallest absolute Gasteiger partial charge is 0.120 e. The molecule has 0 saturated carbocycles. The summed E-state index contributed by atoms with van der Waals surface area (Å²) in [5.74, 6) is 0. The number of nitrogens with two attached hydrogens (primary N) is 2. The van der Waals surface area contributed by atoms with Crippen LogP contribution in [0.15, 0.2) is 18.2 Å². The second-order valence-electron chi connectivity index (χ2n) is 3.54. The van der Waals surface area contributed by atoms with Gasteiger partial charge in [0.1, 0.15) is 6.17 Å². The second-order valence-corrected chi connectivity index (χ2v) is 3.54. The van der Waals surface area contributed by atoms with E-state index in [1.165, 1.54) is 0 Å². The average Bonchev–Trinajstić information content (AvgIpc) is 2.12. The van der Waals surface area contributed by atoms with Gasteiger partial charge in [-0.3, -0.25) is 0 Å². The van der Waals surface area contributed by atoms with Crippen molar-refractivity contribution in [1.82, 2.24) is 0 Å².